The number of carbonyl (C=O) groups excluding carboxylic acids is 2. The van der Waals surface area contributed by atoms with Gasteiger partial charge < -0.3 is 10.4 Å². The van der Waals surface area contributed by atoms with E-state index < -0.39 is 23.3 Å². The number of carbonyl (C=O) groups is 3. The molecule has 5 rings (SSSR count). The van der Waals surface area contributed by atoms with Crippen molar-refractivity contribution in [2.24, 2.45) is 0 Å². The molecule has 0 radical (unpaired) electrons. The minimum Gasteiger partial charge on any atom is -0.477 e. The molecule has 1 aromatic carbocycles. The summed E-state index contributed by atoms with van der Waals surface area (Å²) in [5, 5.41) is 15.8. The molecule has 0 spiro atoms. The van der Waals surface area contributed by atoms with Crippen LogP contribution in [-0.4, -0.2) is 45.0 Å². The van der Waals surface area contributed by atoms with E-state index in [9.17, 15) is 24.3 Å². The van der Waals surface area contributed by atoms with Crippen LogP contribution in [0.3, 0.4) is 0 Å². The van der Waals surface area contributed by atoms with Gasteiger partial charge in [-0.3, -0.25) is 19.3 Å². The van der Waals surface area contributed by atoms with Gasteiger partial charge in [0.05, 0.1) is 20.0 Å². The normalized spacial score (nSPS) is 19.7. The van der Waals surface area contributed by atoms with Crippen molar-refractivity contribution in [1.29, 1.82) is 0 Å². The number of allylic oxidation sites excluding steroid dienone is 1. The third-order valence-corrected chi connectivity index (χ3v) is 9.89. The molecule has 1 fully saturated rings. The molecule has 11 heteroatoms. The van der Waals surface area contributed by atoms with Crippen molar-refractivity contribution >= 4 is 73.4 Å². The quantitative estimate of drug-likeness (QED) is 0.345. The number of carboxylic acids is 1. The maximum atomic E-state index is 12.8. The van der Waals surface area contributed by atoms with Gasteiger partial charge in [0.1, 0.15) is 17.1 Å². The molecule has 2 aliphatic rings. The number of fused-ring (bicyclic) bond motifs is 2. The first-order valence-corrected chi connectivity index (χ1v) is 14.1. The van der Waals surface area contributed by atoms with Crippen LogP contribution in [0.1, 0.15) is 5.56 Å². The monoisotopic (exact) mass is 542 g/mol. The maximum absolute atomic E-state index is 12.8. The fourth-order valence-corrected chi connectivity index (χ4v) is 8.14. The molecule has 178 valence electrons. The Morgan fingerprint density at radius 2 is 2.00 bits per heavy atom. The Morgan fingerprint density at radius 3 is 2.77 bits per heavy atom. The van der Waals surface area contributed by atoms with Crippen molar-refractivity contribution in [3.05, 3.63) is 86.4 Å². The van der Waals surface area contributed by atoms with E-state index in [4.69, 9.17) is 0 Å². The molecule has 2 aliphatic heterocycles. The zero-order valence-electron chi connectivity index (χ0n) is 18.0. The lowest BCUT2D eigenvalue weighted by Gasteiger charge is -2.49. The molecule has 0 aliphatic carbocycles. The molecular formula is C24H18N2O5S4. The van der Waals surface area contributed by atoms with Crippen LogP contribution in [0.2, 0.25) is 0 Å². The first-order valence-electron chi connectivity index (χ1n) is 10.5. The fraction of sp³-hybridized carbons (Fsp3) is 0.167. The Morgan fingerprint density at radius 1 is 1.20 bits per heavy atom. The Balaban J connectivity index is 1.28. The van der Waals surface area contributed by atoms with Crippen LogP contribution < -0.4 is 10.7 Å². The molecule has 3 aromatic rings. The second-order valence-corrected chi connectivity index (χ2v) is 12.1. The molecule has 35 heavy (non-hydrogen) atoms. The minimum atomic E-state index is -1.19. The number of thiophene rings is 1. The van der Waals surface area contributed by atoms with E-state index in [0.29, 0.717) is 11.3 Å². The lowest BCUT2D eigenvalue weighted by molar-refractivity contribution is -0.150. The fourth-order valence-electron chi connectivity index (χ4n) is 3.89. The van der Waals surface area contributed by atoms with Crippen molar-refractivity contribution < 1.29 is 19.5 Å². The highest BCUT2D eigenvalue weighted by Crippen LogP contribution is 2.41. The van der Waals surface area contributed by atoms with Crippen LogP contribution in [-0.2, 0) is 20.8 Å². The van der Waals surface area contributed by atoms with Crippen LogP contribution in [0.5, 0.6) is 0 Å². The van der Waals surface area contributed by atoms with Crippen LogP contribution in [0.4, 0.5) is 0 Å². The van der Waals surface area contributed by atoms with Gasteiger partial charge in [-0.15, -0.1) is 34.4 Å². The molecular weight excluding hydrogens is 525 g/mol. The minimum absolute atomic E-state index is 0.0299. The summed E-state index contributed by atoms with van der Waals surface area (Å²) >= 11 is 5.67. The van der Waals surface area contributed by atoms with Crippen molar-refractivity contribution in [2.75, 3.05) is 5.75 Å². The highest BCUT2D eigenvalue weighted by Gasteiger charge is 2.53. The highest BCUT2D eigenvalue weighted by atomic mass is 32.2. The standard InChI is InChI=1S/C24H18N2O5S4/c27-15-11-18(35-16-7-9-33-21(15)16)32-8-6-14-12-34-23-19(22(29)26(23)20(14)24(30)31)25-17(28)10-13-4-2-1-3-5-13/h1-9,11,19,23H,10,12H2,(H,25,28)(H,30,31)/b8-6+. The van der Waals surface area contributed by atoms with E-state index in [1.54, 1.807) is 17.6 Å². The summed E-state index contributed by atoms with van der Waals surface area (Å²) in [7, 11) is 0. The van der Waals surface area contributed by atoms with Gasteiger partial charge in [0.15, 0.2) is 5.43 Å². The summed E-state index contributed by atoms with van der Waals surface area (Å²) in [6, 6.07) is 12.0. The van der Waals surface area contributed by atoms with Gasteiger partial charge in [-0.1, -0.05) is 42.1 Å². The molecule has 2 amide bonds. The second-order valence-electron chi connectivity index (χ2n) is 7.76. The molecule has 2 atom stereocenters. The lowest BCUT2D eigenvalue weighted by Crippen LogP contribution is -2.70. The van der Waals surface area contributed by atoms with Crippen molar-refractivity contribution in [1.82, 2.24) is 10.2 Å². The molecule has 0 saturated carbocycles. The number of amides is 2. The Kier molecular flexibility index (Phi) is 6.83. The van der Waals surface area contributed by atoms with E-state index in [-0.39, 0.29) is 23.5 Å². The maximum Gasteiger partial charge on any atom is 0.352 e. The predicted molar refractivity (Wildman–Crippen MR) is 141 cm³/mol. The number of hydrogen-bond acceptors (Lipinski definition) is 8. The zero-order valence-corrected chi connectivity index (χ0v) is 21.3. The van der Waals surface area contributed by atoms with Crippen LogP contribution in [0.15, 0.2) is 79.6 Å². The number of rotatable bonds is 7. The van der Waals surface area contributed by atoms with E-state index in [0.717, 1.165) is 19.2 Å². The first kappa shape index (κ1) is 23.9. The molecule has 1 saturated heterocycles. The molecule has 0 bridgehead atoms. The summed E-state index contributed by atoms with van der Waals surface area (Å²) < 4.78 is 2.46. The van der Waals surface area contributed by atoms with Crippen LogP contribution in [0, 0.1) is 0 Å². The second kappa shape index (κ2) is 10.0. The Labute approximate surface area is 216 Å². The van der Waals surface area contributed by atoms with Crippen LogP contribution in [0.25, 0.3) is 9.40 Å². The third kappa shape index (κ3) is 4.81. The van der Waals surface area contributed by atoms with Gasteiger partial charge in [0.2, 0.25) is 5.91 Å². The SMILES string of the molecule is O=C(Cc1ccccc1)NC1C(=O)N2C(C(=O)O)=C(/C=C/Sc3cc(=O)c4sccc4s3)CSC12. The summed E-state index contributed by atoms with van der Waals surface area (Å²) in [5.41, 5.74) is 1.25. The highest BCUT2D eigenvalue weighted by molar-refractivity contribution is 8.04. The van der Waals surface area contributed by atoms with E-state index in [2.05, 4.69) is 5.32 Å². The molecule has 2 aromatic heterocycles. The number of benzene rings is 1. The largest absolute Gasteiger partial charge is 0.477 e. The third-order valence-electron chi connectivity index (χ3n) is 5.49. The number of thioether (sulfide) groups is 2. The number of nitrogens with zero attached hydrogens (tertiary/aromatic N) is 1. The van der Waals surface area contributed by atoms with Crippen molar-refractivity contribution in [2.45, 2.75) is 22.0 Å². The van der Waals surface area contributed by atoms with Gasteiger partial charge in [-0.05, 0) is 34.1 Å². The molecule has 7 nitrogen and oxygen atoms in total. The van der Waals surface area contributed by atoms with E-state index in [1.165, 1.54) is 51.1 Å². The smallest absolute Gasteiger partial charge is 0.352 e. The van der Waals surface area contributed by atoms with Crippen molar-refractivity contribution in [3.8, 4) is 0 Å². The summed E-state index contributed by atoms with van der Waals surface area (Å²) in [6.07, 6.45) is 1.83. The number of carboxylic acid groups (broad SMARTS) is 1. The van der Waals surface area contributed by atoms with Crippen LogP contribution >= 0.6 is 46.2 Å². The van der Waals surface area contributed by atoms with Gasteiger partial charge in [0, 0.05) is 11.8 Å². The number of hydrogen-bond donors (Lipinski definition) is 2. The zero-order chi connectivity index (χ0) is 24.5. The summed E-state index contributed by atoms with van der Waals surface area (Å²) in [4.78, 5) is 50.7. The Bertz CT molecular complexity index is 1440. The number of aliphatic carboxylic acids is 1. The summed E-state index contributed by atoms with van der Waals surface area (Å²) in [6.45, 7) is 0. The number of β-lactam (4-membered cyclic amide) rings is 1. The predicted octanol–water partition coefficient (Wildman–Crippen LogP) is 3.91. The molecule has 2 unspecified atom stereocenters. The first-order chi connectivity index (χ1) is 16.9. The van der Waals surface area contributed by atoms with Gasteiger partial charge in [-0.2, -0.15) is 0 Å². The summed E-state index contributed by atoms with van der Waals surface area (Å²) in [5.74, 6) is -1.51. The van der Waals surface area contributed by atoms with Gasteiger partial charge in [-0.25, -0.2) is 4.79 Å². The molecule has 4 heterocycles. The van der Waals surface area contributed by atoms with Crippen molar-refractivity contribution in [3.63, 3.8) is 0 Å². The average Bonchev–Trinajstić information content (AvgIpc) is 3.32. The number of nitrogens with one attached hydrogen (secondary N) is 1. The average molecular weight is 543 g/mol. The Hall–Kier alpha value is -2.86. The molecule has 2 N–H and O–H groups in total. The topological polar surface area (TPSA) is 104 Å². The van der Waals surface area contributed by atoms with Gasteiger partial charge >= 0.3 is 5.97 Å². The van der Waals surface area contributed by atoms with E-state index in [1.807, 2.05) is 41.8 Å². The van der Waals surface area contributed by atoms with E-state index >= 15 is 0 Å². The van der Waals surface area contributed by atoms with Gasteiger partial charge in [0.25, 0.3) is 5.91 Å². The lowest BCUT2D eigenvalue weighted by atomic mass is 10.0.